The normalized spacial score (nSPS) is 14.0. The number of halogens is 1. The van der Waals surface area contributed by atoms with Crippen LogP contribution in [0.3, 0.4) is 0 Å². The van der Waals surface area contributed by atoms with Crippen molar-refractivity contribution in [2.75, 3.05) is 44.7 Å². The van der Waals surface area contributed by atoms with Crippen molar-refractivity contribution in [3.8, 4) is 5.75 Å². The molecule has 2 aromatic carbocycles. The maximum absolute atomic E-state index is 12.4. The molecule has 1 fully saturated rings. The van der Waals surface area contributed by atoms with Gasteiger partial charge in [-0.15, -0.1) is 0 Å². The van der Waals surface area contributed by atoms with Gasteiger partial charge in [-0.25, -0.2) is 0 Å². The molecule has 2 amide bonds. The maximum atomic E-state index is 12.4. The summed E-state index contributed by atoms with van der Waals surface area (Å²) < 4.78 is 6.14. The monoisotopic (exact) mass is 479 g/mol. The summed E-state index contributed by atoms with van der Waals surface area (Å²) in [7, 11) is 1.65. The minimum Gasteiger partial charge on any atom is -0.497 e. The fourth-order valence-corrected chi connectivity index (χ4v) is 3.66. The number of anilines is 1. The number of piperazine rings is 1. The number of nitrogens with zero attached hydrogens (tertiary/aromatic N) is 2. The standard InChI is InChI=1S/C20H22IN3O3/c1-27-16-6-4-5-15(13-16)23-9-11-24(12-10-23)19(25)14-22-20(26)17-7-2-3-8-18(17)21/h2-8,13H,9-12,14H2,1H3,(H,22,26). The van der Waals surface area contributed by atoms with Crippen molar-refractivity contribution in [3.05, 3.63) is 57.7 Å². The van der Waals surface area contributed by atoms with Gasteiger partial charge in [0.1, 0.15) is 5.75 Å². The molecule has 0 aromatic heterocycles. The van der Waals surface area contributed by atoms with Crippen LogP contribution in [0.1, 0.15) is 10.4 Å². The molecule has 0 saturated carbocycles. The van der Waals surface area contributed by atoms with E-state index >= 15 is 0 Å². The summed E-state index contributed by atoms with van der Waals surface area (Å²) >= 11 is 2.12. The molecule has 1 saturated heterocycles. The number of hydrogen-bond donors (Lipinski definition) is 1. The Morgan fingerprint density at radius 1 is 1.07 bits per heavy atom. The highest BCUT2D eigenvalue weighted by atomic mass is 127. The molecular weight excluding hydrogens is 457 g/mol. The Morgan fingerprint density at radius 2 is 1.81 bits per heavy atom. The fourth-order valence-electron chi connectivity index (χ4n) is 3.03. The zero-order valence-electron chi connectivity index (χ0n) is 15.2. The molecule has 3 rings (SSSR count). The van der Waals surface area contributed by atoms with Crippen LogP contribution in [0.5, 0.6) is 5.75 Å². The Kier molecular flexibility index (Phi) is 6.54. The smallest absolute Gasteiger partial charge is 0.252 e. The van der Waals surface area contributed by atoms with Gasteiger partial charge in [-0.2, -0.15) is 0 Å². The molecule has 1 aliphatic heterocycles. The number of carbonyl (C=O) groups is 2. The van der Waals surface area contributed by atoms with Gasteiger partial charge in [0.25, 0.3) is 5.91 Å². The largest absolute Gasteiger partial charge is 0.497 e. The average molecular weight is 479 g/mol. The van der Waals surface area contributed by atoms with E-state index in [9.17, 15) is 9.59 Å². The predicted molar refractivity (Wildman–Crippen MR) is 113 cm³/mol. The third kappa shape index (κ3) is 4.91. The van der Waals surface area contributed by atoms with Crippen molar-refractivity contribution >= 4 is 40.1 Å². The topological polar surface area (TPSA) is 61.9 Å². The summed E-state index contributed by atoms with van der Waals surface area (Å²) in [6.45, 7) is 2.79. The first kappa shape index (κ1) is 19.5. The van der Waals surface area contributed by atoms with Gasteiger partial charge < -0.3 is 19.9 Å². The number of methoxy groups -OCH3 is 1. The first-order chi connectivity index (χ1) is 13.1. The molecule has 0 unspecified atom stereocenters. The highest BCUT2D eigenvalue weighted by molar-refractivity contribution is 14.1. The molecule has 1 N–H and O–H groups in total. The Hall–Kier alpha value is -2.29. The Morgan fingerprint density at radius 3 is 2.52 bits per heavy atom. The van der Waals surface area contributed by atoms with Crippen molar-refractivity contribution in [1.82, 2.24) is 10.2 Å². The SMILES string of the molecule is COc1cccc(N2CCN(C(=O)CNC(=O)c3ccccc3I)CC2)c1. The minimum atomic E-state index is -0.219. The number of hydrogen-bond acceptors (Lipinski definition) is 4. The second-order valence-electron chi connectivity index (χ2n) is 6.23. The lowest BCUT2D eigenvalue weighted by Gasteiger charge is -2.36. The van der Waals surface area contributed by atoms with Crippen LogP contribution in [0.4, 0.5) is 5.69 Å². The van der Waals surface area contributed by atoms with Crippen LogP contribution in [-0.2, 0) is 4.79 Å². The first-order valence-electron chi connectivity index (χ1n) is 8.78. The third-order valence-electron chi connectivity index (χ3n) is 4.57. The van der Waals surface area contributed by atoms with Gasteiger partial charge in [-0.3, -0.25) is 9.59 Å². The summed E-state index contributed by atoms with van der Waals surface area (Å²) in [6, 6.07) is 15.2. The van der Waals surface area contributed by atoms with Gasteiger partial charge in [0.05, 0.1) is 19.2 Å². The fraction of sp³-hybridized carbons (Fsp3) is 0.300. The van der Waals surface area contributed by atoms with E-state index in [0.717, 1.165) is 28.1 Å². The summed E-state index contributed by atoms with van der Waals surface area (Å²) in [5, 5.41) is 2.73. The zero-order valence-corrected chi connectivity index (χ0v) is 17.3. The Labute approximate surface area is 172 Å². The molecule has 0 bridgehead atoms. The predicted octanol–water partition coefficient (Wildman–Crippen LogP) is 2.38. The molecule has 27 heavy (non-hydrogen) atoms. The molecule has 0 radical (unpaired) electrons. The van der Waals surface area contributed by atoms with Gasteiger partial charge in [0.2, 0.25) is 5.91 Å². The summed E-state index contributed by atoms with van der Waals surface area (Å²) in [5.74, 6) is 0.548. The Bertz CT molecular complexity index is 820. The number of rotatable bonds is 5. The summed E-state index contributed by atoms with van der Waals surface area (Å²) in [5.41, 5.74) is 1.68. The Balaban J connectivity index is 1.50. The van der Waals surface area contributed by atoms with Gasteiger partial charge >= 0.3 is 0 Å². The number of benzene rings is 2. The molecule has 7 heteroatoms. The van der Waals surface area contributed by atoms with Crippen molar-refractivity contribution in [1.29, 1.82) is 0 Å². The van der Waals surface area contributed by atoms with Crippen molar-refractivity contribution in [3.63, 3.8) is 0 Å². The van der Waals surface area contributed by atoms with Crippen LogP contribution >= 0.6 is 22.6 Å². The van der Waals surface area contributed by atoms with Gasteiger partial charge in [0.15, 0.2) is 0 Å². The molecule has 1 aliphatic rings. The van der Waals surface area contributed by atoms with Crippen LogP contribution < -0.4 is 15.0 Å². The molecular formula is C20H22IN3O3. The van der Waals surface area contributed by atoms with E-state index in [0.29, 0.717) is 18.7 Å². The highest BCUT2D eigenvalue weighted by Gasteiger charge is 2.22. The summed E-state index contributed by atoms with van der Waals surface area (Å²) in [6.07, 6.45) is 0. The highest BCUT2D eigenvalue weighted by Crippen LogP contribution is 2.22. The van der Waals surface area contributed by atoms with E-state index in [1.54, 1.807) is 18.1 Å². The summed E-state index contributed by atoms with van der Waals surface area (Å²) in [4.78, 5) is 28.7. The lowest BCUT2D eigenvalue weighted by atomic mass is 10.2. The van der Waals surface area contributed by atoms with Crippen molar-refractivity contribution < 1.29 is 14.3 Å². The maximum Gasteiger partial charge on any atom is 0.252 e. The lowest BCUT2D eigenvalue weighted by molar-refractivity contribution is -0.130. The van der Waals surface area contributed by atoms with E-state index in [1.807, 2.05) is 42.5 Å². The molecule has 0 aliphatic carbocycles. The third-order valence-corrected chi connectivity index (χ3v) is 5.51. The van der Waals surface area contributed by atoms with Crippen LogP contribution in [0.2, 0.25) is 0 Å². The number of carbonyl (C=O) groups excluding carboxylic acids is 2. The molecule has 142 valence electrons. The molecule has 0 atom stereocenters. The van der Waals surface area contributed by atoms with Crippen LogP contribution in [-0.4, -0.2) is 56.5 Å². The van der Waals surface area contributed by atoms with E-state index < -0.39 is 0 Å². The second-order valence-corrected chi connectivity index (χ2v) is 7.39. The quantitative estimate of drug-likeness (QED) is 0.670. The number of ether oxygens (including phenoxy) is 1. The molecule has 1 heterocycles. The molecule has 6 nitrogen and oxygen atoms in total. The molecule has 2 aromatic rings. The first-order valence-corrected chi connectivity index (χ1v) is 9.86. The van der Waals surface area contributed by atoms with Crippen molar-refractivity contribution in [2.24, 2.45) is 0 Å². The van der Waals surface area contributed by atoms with Gasteiger partial charge in [0, 0.05) is 41.5 Å². The average Bonchev–Trinajstić information content (AvgIpc) is 2.72. The van der Waals surface area contributed by atoms with Crippen LogP contribution in [0, 0.1) is 3.57 Å². The molecule has 0 spiro atoms. The van der Waals surface area contributed by atoms with Gasteiger partial charge in [-0.05, 0) is 46.9 Å². The van der Waals surface area contributed by atoms with Crippen LogP contribution in [0.15, 0.2) is 48.5 Å². The number of amides is 2. The van der Waals surface area contributed by atoms with E-state index in [2.05, 4.69) is 32.8 Å². The van der Waals surface area contributed by atoms with Crippen molar-refractivity contribution in [2.45, 2.75) is 0 Å². The zero-order chi connectivity index (χ0) is 19.2. The van der Waals surface area contributed by atoms with E-state index in [4.69, 9.17) is 4.74 Å². The number of nitrogens with one attached hydrogen (secondary N) is 1. The van der Waals surface area contributed by atoms with E-state index in [-0.39, 0.29) is 18.4 Å². The van der Waals surface area contributed by atoms with Gasteiger partial charge in [-0.1, -0.05) is 18.2 Å². The minimum absolute atomic E-state index is 0.0168. The van der Waals surface area contributed by atoms with E-state index in [1.165, 1.54) is 0 Å². The van der Waals surface area contributed by atoms with Crippen LogP contribution in [0.25, 0.3) is 0 Å². The lowest BCUT2D eigenvalue weighted by Crippen LogP contribution is -2.51. The second kappa shape index (κ2) is 9.07.